The third-order valence-corrected chi connectivity index (χ3v) is 2.46. The predicted molar refractivity (Wildman–Crippen MR) is 50.5 cm³/mol. The van der Waals surface area contributed by atoms with Gasteiger partial charge in [-0.2, -0.15) is 0 Å². The van der Waals surface area contributed by atoms with Crippen molar-refractivity contribution in [3.05, 3.63) is 33.9 Å². The fourth-order valence-corrected chi connectivity index (χ4v) is 1.45. The molecule has 0 fully saturated rings. The van der Waals surface area contributed by atoms with Crippen LogP contribution in [0.5, 0.6) is 0 Å². The fourth-order valence-electron chi connectivity index (χ4n) is 1.45. The molecule has 0 N–H and O–H groups in total. The number of allylic oxidation sites excluding steroid dienone is 6. The minimum atomic E-state index is 1.42. The summed E-state index contributed by atoms with van der Waals surface area (Å²) >= 11 is 0. The monoisotopic (exact) mass is 148 g/mol. The Labute approximate surface area is 69.3 Å². The van der Waals surface area contributed by atoms with Crippen molar-refractivity contribution >= 4 is 0 Å². The lowest BCUT2D eigenvalue weighted by Crippen LogP contribution is -1.81. The molecule has 0 bridgehead atoms. The summed E-state index contributed by atoms with van der Waals surface area (Å²) in [6, 6.07) is 0. The van der Waals surface area contributed by atoms with E-state index in [0.717, 1.165) is 0 Å². The maximum absolute atomic E-state index is 2.28. The Morgan fingerprint density at radius 2 is 1.55 bits per heavy atom. The molecule has 0 heterocycles. The Morgan fingerprint density at radius 3 is 1.73 bits per heavy atom. The first-order valence-corrected chi connectivity index (χ1v) is 4.08. The average molecular weight is 148 g/mol. The van der Waals surface area contributed by atoms with E-state index in [1.165, 1.54) is 27.9 Å². The maximum Gasteiger partial charge on any atom is -0.0235 e. The molecule has 1 aliphatic carbocycles. The third-order valence-electron chi connectivity index (χ3n) is 2.46. The van der Waals surface area contributed by atoms with Crippen LogP contribution < -0.4 is 0 Å². The molecule has 60 valence electrons. The van der Waals surface area contributed by atoms with Crippen molar-refractivity contribution in [3.63, 3.8) is 0 Å². The summed E-state index contributed by atoms with van der Waals surface area (Å²) < 4.78 is 0. The van der Waals surface area contributed by atoms with E-state index >= 15 is 0 Å². The number of rotatable bonds is 0. The zero-order valence-corrected chi connectivity index (χ0v) is 8.08. The Hall–Kier alpha value is -0.780. The van der Waals surface area contributed by atoms with Crippen LogP contribution in [0.25, 0.3) is 0 Å². The van der Waals surface area contributed by atoms with E-state index in [1.54, 1.807) is 0 Å². The second-order valence-electron chi connectivity index (χ2n) is 3.49. The van der Waals surface area contributed by atoms with Gasteiger partial charge in [-0.25, -0.2) is 0 Å². The summed E-state index contributed by atoms with van der Waals surface area (Å²) in [4.78, 5) is 0. The second kappa shape index (κ2) is 2.69. The summed E-state index contributed by atoms with van der Waals surface area (Å²) in [5.74, 6) is 0. The maximum atomic E-state index is 2.28. The average Bonchev–Trinajstić information content (AvgIpc) is 2.17. The molecular weight excluding hydrogens is 132 g/mol. The van der Waals surface area contributed by atoms with Crippen LogP contribution >= 0.6 is 0 Å². The topological polar surface area (TPSA) is 0 Å². The minimum Gasteiger partial charge on any atom is -0.0689 e. The van der Waals surface area contributed by atoms with E-state index in [1.807, 2.05) is 0 Å². The van der Waals surface area contributed by atoms with Crippen molar-refractivity contribution < 1.29 is 0 Å². The first kappa shape index (κ1) is 8.32. The molecule has 1 rings (SSSR count). The highest BCUT2D eigenvalue weighted by molar-refractivity contribution is 5.57. The van der Waals surface area contributed by atoms with Crippen LogP contribution in [0.1, 0.15) is 34.6 Å². The summed E-state index contributed by atoms with van der Waals surface area (Å²) in [5, 5.41) is 0. The highest BCUT2D eigenvalue weighted by Crippen LogP contribution is 2.31. The molecule has 0 heteroatoms. The lowest BCUT2D eigenvalue weighted by molar-refractivity contribution is 1.27. The van der Waals surface area contributed by atoms with Gasteiger partial charge in [0.05, 0.1) is 0 Å². The summed E-state index contributed by atoms with van der Waals surface area (Å²) in [6.45, 7) is 10.9. The minimum absolute atomic E-state index is 1.42. The Balaban J connectivity index is 3.22. The molecule has 0 aromatic carbocycles. The Bertz CT molecular complexity index is 268. The SMILES string of the molecule is CC1=CC(=C(C)C)C(C)=C1C. The molecule has 0 atom stereocenters. The van der Waals surface area contributed by atoms with Crippen molar-refractivity contribution in [1.29, 1.82) is 0 Å². The van der Waals surface area contributed by atoms with Crippen LogP contribution in [0.2, 0.25) is 0 Å². The molecule has 0 nitrogen and oxygen atoms in total. The van der Waals surface area contributed by atoms with E-state index in [-0.39, 0.29) is 0 Å². The van der Waals surface area contributed by atoms with Gasteiger partial charge in [0, 0.05) is 0 Å². The summed E-state index contributed by atoms with van der Waals surface area (Å²) in [5.41, 5.74) is 7.15. The molecule has 0 saturated heterocycles. The molecule has 0 spiro atoms. The second-order valence-corrected chi connectivity index (χ2v) is 3.49. The van der Waals surface area contributed by atoms with Crippen molar-refractivity contribution in [2.45, 2.75) is 34.6 Å². The van der Waals surface area contributed by atoms with Gasteiger partial charge in [-0.1, -0.05) is 11.6 Å². The number of hydrogen-bond donors (Lipinski definition) is 0. The van der Waals surface area contributed by atoms with Crippen LogP contribution in [0.3, 0.4) is 0 Å². The molecule has 0 radical (unpaired) electrons. The van der Waals surface area contributed by atoms with Gasteiger partial charge in [0.15, 0.2) is 0 Å². The quantitative estimate of drug-likeness (QED) is 0.492. The van der Waals surface area contributed by atoms with Gasteiger partial charge in [0.25, 0.3) is 0 Å². The van der Waals surface area contributed by atoms with Crippen molar-refractivity contribution in [3.8, 4) is 0 Å². The van der Waals surface area contributed by atoms with Crippen molar-refractivity contribution in [1.82, 2.24) is 0 Å². The van der Waals surface area contributed by atoms with Crippen LogP contribution in [-0.4, -0.2) is 0 Å². The highest BCUT2D eigenvalue weighted by Gasteiger charge is 2.11. The van der Waals surface area contributed by atoms with Crippen LogP contribution in [0, 0.1) is 0 Å². The van der Waals surface area contributed by atoms with Crippen LogP contribution in [-0.2, 0) is 0 Å². The van der Waals surface area contributed by atoms with E-state index in [0.29, 0.717) is 0 Å². The summed E-state index contributed by atoms with van der Waals surface area (Å²) in [6.07, 6.45) is 2.28. The fraction of sp³-hybridized carbons (Fsp3) is 0.455. The molecule has 0 aromatic rings. The molecule has 0 saturated carbocycles. The van der Waals surface area contributed by atoms with Gasteiger partial charge < -0.3 is 0 Å². The van der Waals surface area contributed by atoms with Gasteiger partial charge in [0.1, 0.15) is 0 Å². The highest BCUT2D eigenvalue weighted by atomic mass is 14.2. The van der Waals surface area contributed by atoms with Crippen molar-refractivity contribution in [2.24, 2.45) is 0 Å². The zero-order chi connectivity index (χ0) is 8.59. The molecule has 0 amide bonds. The smallest absolute Gasteiger partial charge is 0.0235 e. The van der Waals surface area contributed by atoms with Gasteiger partial charge in [-0.05, 0) is 56.9 Å². The molecule has 0 aromatic heterocycles. The van der Waals surface area contributed by atoms with Crippen LogP contribution in [0.15, 0.2) is 33.9 Å². The van der Waals surface area contributed by atoms with Gasteiger partial charge in [-0.15, -0.1) is 0 Å². The molecule has 0 unspecified atom stereocenters. The van der Waals surface area contributed by atoms with Crippen molar-refractivity contribution in [2.75, 3.05) is 0 Å². The number of hydrogen-bond acceptors (Lipinski definition) is 0. The van der Waals surface area contributed by atoms with E-state index in [4.69, 9.17) is 0 Å². The van der Waals surface area contributed by atoms with Gasteiger partial charge in [-0.3, -0.25) is 0 Å². The van der Waals surface area contributed by atoms with Gasteiger partial charge in [0.2, 0.25) is 0 Å². The lowest BCUT2D eigenvalue weighted by atomic mass is 10.0. The first-order valence-electron chi connectivity index (χ1n) is 4.08. The Morgan fingerprint density at radius 1 is 1.00 bits per heavy atom. The standard InChI is InChI=1S/C11H16/c1-7(2)11-6-8(3)9(4)10(11)5/h6H,1-5H3. The molecule has 11 heavy (non-hydrogen) atoms. The first-order chi connectivity index (χ1) is 5.04. The lowest BCUT2D eigenvalue weighted by Gasteiger charge is -2.00. The normalized spacial score (nSPS) is 17.5. The van der Waals surface area contributed by atoms with E-state index in [9.17, 15) is 0 Å². The van der Waals surface area contributed by atoms with E-state index < -0.39 is 0 Å². The molecular formula is C11H16. The third kappa shape index (κ3) is 1.30. The van der Waals surface area contributed by atoms with Crippen LogP contribution in [0.4, 0.5) is 0 Å². The molecule has 0 aliphatic heterocycles. The molecule has 1 aliphatic rings. The summed E-state index contributed by atoms with van der Waals surface area (Å²) in [7, 11) is 0. The Kier molecular flexibility index (Phi) is 2.03. The predicted octanol–water partition coefficient (Wildman–Crippen LogP) is 3.62. The van der Waals surface area contributed by atoms with E-state index in [2.05, 4.69) is 40.7 Å². The zero-order valence-electron chi connectivity index (χ0n) is 8.08. The largest absolute Gasteiger partial charge is 0.0689 e. The van der Waals surface area contributed by atoms with Gasteiger partial charge >= 0.3 is 0 Å².